The monoisotopic (exact) mass is 199 g/mol. The van der Waals surface area contributed by atoms with Crippen LogP contribution in [0.4, 0.5) is 0 Å². The highest BCUT2D eigenvalue weighted by atomic mass is 32.1. The van der Waals surface area contributed by atoms with Gasteiger partial charge in [-0.3, -0.25) is 0 Å². The zero-order chi connectivity index (χ0) is 9.52. The summed E-state index contributed by atoms with van der Waals surface area (Å²) < 4.78 is 4.94. The molecule has 0 fully saturated rings. The van der Waals surface area contributed by atoms with E-state index in [0.717, 1.165) is 26.1 Å². The Morgan fingerprint density at radius 2 is 2.31 bits per heavy atom. The van der Waals surface area contributed by atoms with E-state index in [-0.39, 0.29) is 0 Å². The predicted octanol–water partition coefficient (Wildman–Crippen LogP) is 1.84. The molecule has 0 saturated carbocycles. The molecular weight excluding hydrogens is 182 g/mol. The zero-order valence-corrected chi connectivity index (χ0v) is 9.12. The van der Waals surface area contributed by atoms with Crippen LogP contribution in [0, 0.1) is 6.92 Å². The summed E-state index contributed by atoms with van der Waals surface area (Å²) in [6.07, 6.45) is 1.12. The number of thiophene rings is 1. The van der Waals surface area contributed by atoms with E-state index in [4.69, 9.17) is 4.74 Å². The first kappa shape index (κ1) is 10.7. The third-order valence-corrected chi connectivity index (χ3v) is 2.77. The third kappa shape index (κ3) is 4.41. The molecular formula is C10H17NOS. The summed E-state index contributed by atoms with van der Waals surface area (Å²) in [5.41, 5.74) is 1.44. The fourth-order valence-electron chi connectivity index (χ4n) is 1.16. The van der Waals surface area contributed by atoms with Gasteiger partial charge in [-0.15, -0.1) is 11.3 Å². The summed E-state index contributed by atoms with van der Waals surface area (Å²) in [5, 5.41) is 5.55. The number of ether oxygens (including phenoxy) is 1. The Kier molecular flexibility index (Phi) is 5.05. The van der Waals surface area contributed by atoms with Crippen molar-refractivity contribution in [1.82, 2.24) is 5.32 Å². The van der Waals surface area contributed by atoms with Crippen LogP contribution in [0.15, 0.2) is 11.4 Å². The molecule has 0 aromatic carbocycles. The number of nitrogens with one attached hydrogen (secondary N) is 1. The highest BCUT2D eigenvalue weighted by molar-refractivity contribution is 7.10. The van der Waals surface area contributed by atoms with E-state index < -0.39 is 0 Å². The van der Waals surface area contributed by atoms with Crippen molar-refractivity contribution in [2.24, 2.45) is 0 Å². The topological polar surface area (TPSA) is 21.3 Å². The number of methoxy groups -OCH3 is 1. The van der Waals surface area contributed by atoms with Crippen molar-refractivity contribution < 1.29 is 4.74 Å². The lowest BCUT2D eigenvalue weighted by molar-refractivity contribution is 0.199. The maximum absolute atomic E-state index is 4.94. The Morgan fingerprint density at radius 1 is 1.46 bits per heavy atom. The first-order valence-electron chi connectivity index (χ1n) is 4.56. The molecule has 0 amide bonds. The van der Waals surface area contributed by atoms with Crippen molar-refractivity contribution in [3.8, 4) is 0 Å². The average Bonchev–Trinajstić information content (AvgIpc) is 2.51. The molecule has 0 unspecified atom stereocenters. The smallest absolute Gasteiger partial charge is 0.0587 e. The van der Waals surface area contributed by atoms with Gasteiger partial charge in [0, 0.05) is 18.5 Å². The molecule has 0 aliphatic rings. The second kappa shape index (κ2) is 6.13. The highest BCUT2D eigenvalue weighted by Gasteiger charge is 1.95. The summed E-state index contributed by atoms with van der Waals surface area (Å²) >= 11 is 1.82. The van der Waals surface area contributed by atoms with Gasteiger partial charge in [-0.05, 0) is 36.9 Å². The van der Waals surface area contributed by atoms with Gasteiger partial charge < -0.3 is 10.1 Å². The largest absolute Gasteiger partial charge is 0.383 e. The lowest BCUT2D eigenvalue weighted by atomic mass is 10.2. The SMILES string of the molecule is COCCNCCc1csc(C)c1. The molecule has 1 N–H and O–H groups in total. The van der Waals surface area contributed by atoms with Crippen LogP contribution in [0.1, 0.15) is 10.4 Å². The van der Waals surface area contributed by atoms with Gasteiger partial charge in [0.1, 0.15) is 0 Å². The quantitative estimate of drug-likeness (QED) is 0.706. The molecule has 2 nitrogen and oxygen atoms in total. The maximum atomic E-state index is 4.94. The van der Waals surface area contributed by atoms with Crippen molar-refractivity contribution >= 4 is 11.3 Å². The van der Waals surface area contributed by atoms with Gasteiger partial charge in [-0.2, -0.15) is 0 Å². The van der Waals surface area contributed by atoms with E-state index in [1.54, 1.807) is 7.11 Å². The van der Waals surface area contributed by atoms with Gasteiger partial charge in [-0.1, -0.05) is 0 Å². The van der Waals surface area contributed by atoms with E-state index in [0.29, 0.717) is 0 Å². The van der Waals surface area contributed by atoms with Gasteiger partial charge in [0.05, 0.1) is 6.61 Å². The fraction of sp³-hybridized carbons (Fsp3) is 0.600. The normalized spacial score (nSPS) is 10.6. The van der Waals surface area contributed by atoms with Crippen molar-refractivity contribution in [3.05, 3.63) is 21.9 Å². The van der Waals surface area contributed by atoms with Crippen LogP contribution >= 0.6 is 11.3 Å². The minimum absolute atomic E-state index is 0.794. The summed E-state index contributed by atoms with van der Waals surface area (Å²) in [5.74, 6) is 0. The Labute approximate surface area is 83.9 Å². The van der Waals surface area contributed by atoms with Crippen molar-refractivity contribution in [2.75, 3.05) is 26.8 Å². The Balaban J connectivity index is 2.06. The second-order valence-electron chi connectivity index (χ2n) is 3.06. The Hall–Kier alpha value is -0.380. The highest BCUT2D eigenvalue weighted by Crippen LogP contribution is 2.12. The lowest BCUT2D eigenvalue weighted by Gasteiger charge is -2.01. The van der Waals surface area contributed by atoms with Crippen LogP contribution in [0.25, 0.3) is 0 Å². The summed E-state index contributed by atoms with van der Waals surface area (Å²) in [7, 11) is 1.73. The molecule has 1 rings (SSSR count). The van der Waals surface area contributed by atoms with Crippen LogP contribution in [0.3, 0.4) is 0 Å². The molecule has 0 atom stereocenters. The molecule has 1 aromatic rings. The summed E-state index contributed by atoms with van der Waals surface area (Å²) in [6, 6.07) is 2.25. The molecule has 0 aliphatic heterocycles. The average molecular weight is 199 g/mol. The van der Waals surface area contributed by atoms with E-state index in [1.165, 1.54) is 10.4 Å². The third-order valence-electron chi connectivity index (χ3n) is 1.86. The standard InChI is InChI=1S/C10H17NOS/c1-9-7-10(8-13-9)3-4-11-5-6-12-2/h7-8,11H,3-6H2,1-2H3. The van der Waals surface area contributed by atoms with Crippen LogP contribution in [-0.4, -0.2) is 26.8 Å². The molecule has 1 heterocycles. The Bertz CT molecular complexity index is 235. The van der Waals surface area contributed by atoms with Gasteiger partial charge in [0.15, 0.2) is 0 Å². The van der Waals surface area contributed by atoms with Gasteiger partial charge in [0.2, 0.25) is 0 Å². The summed E-state index contributed by atoms with van der Waals surface area (Å²) in [4.78, 5) is 1.40. The van der Waals surface area contributed by atoms with Crippen molar-refractivity contribution in [1.29, 1.82) is 0 Å². The molecule has 0 bridgehead atoms. The number of aryl methyl sites for hydroxylation is 1. The number of rotatable bonds is 6. The van der Waals surface area contributed by atoms with E-state index in [1.807, 2.05) is 11.3 Å². The van der Waals surface area contributed by atoms with Crippen LogP contribution in [0.2, 0.25) is 0 Å². The molecule has 0 spiro atoms. The van der Waals surface area contributed by atoms with Crippen LogP contribution in [0.5, 0.6) is 0 Å². The van der Waals surface area contributed by atoms with E-state index in [9.17, 15) is 0 Å². The van der Waals surface area contributed by atoms with E-state index >= 15 is 0 Å². The lowest BCUT2D eigenvalue weighted by Crippen LogP contribution is -2.21. The van der Waals surface area contributed by atoms with Gasteiger partial charge in [-0.25, -0.2) is 0 Å². The Morgan fingerprint density at radius 3 is 2.92 bits per heavy atom. The van der Waals surface area contributed by atoms with Crippen LogP contribution < -0.4 is 5.32 Å². The number of hydrogen-bond donors (Lipinski definition) is 1. The second-order valence-corrected chi connectivity index (χ2v) is 4.17. The molecule has 74 valence electrons. The summed E-state index contributed by atoms with van der Waals surface area (Å²) in [6.45, 7) is 4.92. The molecule has 13 heavy (non-hydrogen) atoms. The molecule has 1 aromatic heterocycles. The van der Waals surface area contributed by atoms with Gasteiger partial charge in [0.25, 0.3) is 0 Å². The van der Waals surface area contributed by atoms with Crippen LogP contribution in [-0.2, 0) is 11.2 Å². The first-order chi connectivity index (χ1) is 6.33. The number of hydrogen-bond acceptors (Lipinski definition) is 3. The maximum Gasteiger partial charge on any atom is 0.0587 e. The van der Waals surface area contributed by atoms with Gasteiger partial charge >= 0.3 is 0 Å². The predicted molar refractivity (Wildman–Crippen MR) is 57.5 cm³/mol. The minimum Gasteiger partial charge on any atom is -0.383 e. The molecule has 0 saturated heterocycles. The molecule has 3 heteroatoms. The van der Waals surface area contributed by atoms with E-state index in [2.05, 4.69) is 23.7 Å². The van der Waals surface area contributed by atoms with Crippen molar-refractivity contribution in [2.45, 2.75) is 13.3 Å². The minimum atomic E-state index is 0.794. The first-order valence-corrected chi connectivity index (χ1v) is 5.44. The zero-order valence-electron chi connectivity index (χ0n) is 8.30. The fourth-order valence-corrected chi connectivity index (χ4v) is 1.90. The molecule has 0 radical (unpaired) electrons. The molecule has 0 aliphatic carbocycles. The van der Waals surface area contributed by atoms with Crippen molar-refractivity contribution in [3.63, 3.8) is 0 Å².